The first-order chi connectivity index (χ1) is 3.29. The summed E-state index contributed by atoms with van der Waals surface area (Å²) in [6, 6.07) is 0. The van der Waals surface area contributed by atoms with Gasteiger partial charge in [-0.05, 0) is 6.42 Å². The topological polar surface area (TPSA) is 0 Å². The van der Waals surface area contributed by atoms with Crippen LogP contribution in [-0.4, -0.2) is 18.6 Å². The molecular weight excluding hydrogens is 103 g/mol. The number of rotatable bonds is 0. The van der Waals surface area contributed by atoms with E-state index in [-0.39, 0.29) is 0 Å². The van der Waals surface area contributed by atoms with Gasteiger partial charge in [-0.3, -0.25) is 0 Å². The summed E-state index contributed by atoms with van der Waals surface area (Å²) in [7, 11) is 0.371. The average Bonchev–Trinajstić information content (AvgIpc) is 1.87. The lowest BCUT2D eigenvalue weighted by Gasteiger charge is -1.83. The molecular formula is C6H12P+. The molecule has 0 spiro atoms. The molecule has 1 heteroatoms. The van der Waals surface area contributed by atoms with Crippen LogP contribution in [0.3, 0.4) is 0 Å². The van der Waals surface area contributed by atoms with Crippen LogP contribution in [0.15, 0.2) is 0 Å². The molecule has 1 aliphatic rings. The summed E-state index contributed by atoms with van der Waals surface area (Å²) in [5.74, 6) is 3.44. The predicted octanol–water partition coefficient (Wildman–Crippen LogP) is 1.94. The van der Waals surface area contributed by atoms with E-state index < -0.39 is 0 Å². The standard InChI is InChI=1S/C6H12P/c1-6-3-4-7(2)5-6/h5-6H,3-4H2,1-2H3/q+1. The van der Waals surface area contributed by atoms with E-state index in [9.17, 15) is 0 Å². The van der Waals surface area contributed by atoms with Crippen molar-refractivity contribution in [2.75, 3.05) is 12.8 Å². The Morgan fingerprint density at radius 1 is 1.71 bits per heavy atom. The van der Waals surface area contributed by atoms with Crippen LogP contribution in [0.1, 0.15) is 13.3 Å². The second kappa shape index (κ2) is 1.96. The monoisotopic (exact) mass is 115 g/mol. The minimum absolute atomic E-state index is 0.371. The third kappa shape index (κ3) is 1.28. The number of hydrogen-bond donors (Lipinski definition) is 0. The maximum atomic E-state index is 2.51. The summed E-state index contributed by atoms with van der Waals surface area (Å²) in [5.41, 5.74) is 0. The Balaban J connectivity index is 2.50. The first-order valence-electron chi connectivity index (χ1n) is 2.84. The summed E-state index contributed by atoms with van der Waals surface area (Å²) in [6.45, 7) is 4.67. The molecule has 0 aromatic rings. The zero-order valence-corrected chi connectivity index (χ0v) is 5.91. The van der Waals surface area contributed by atoms with Crippen LogP contribution in [0.2, 0.25) is 0 Å². The van der Waals surface area contributed by atoms with E-state index in [1.807, 2.05) is 0 Å². The zero-order valence-electron chi connectivity index (χ0n) is 5.02. The van der Waals surface area contributed by atoms with E-state index in [2.05, 4.69) is 19.4 Å². The van der Waals surface area contributed by atoms with Gasteiger partial charge < -0.3 is 0 Å². The van der Waals surface area contributed by atoms with Gasteiger partial charge in [0.15, 0.2) is 0 Å². The molecule has 0 aliphatic carbocycles. The average molecular weight is 115 g/mol. The molecule has 40 valence electrons. The maximum absolute atomic E-state index is 2.51. The number of hydrogen-bond acceptors (Lipinski definition) is 0. The Hall–Kier alpha value is 0.170. The Bertz CT molecular complexity index is 94.4. The highest BCUT2D eigenvalue weighted by atomic mass is 31.1. The van der Waals surface area contributed by atoms with Gasteiger partial charge in [-0.1, -0.05) is 6.92 Å². The van der Waals surface area contributed by atoms with E-state index >= 15 is 0 Å². The Morgan fingerprint density at radius 3 is 2.57 bits per heavy atom. The molecule has 0 N–H and O–H groups in total. The lowest BCUT2D eigenvalue weighted by atomic mass is 10.2. The van der Waals surface area contributed by atoms with E-state index in [1.165, 1.54) is 12.6 Å². The van der Waals surface area contributed by atoms with Crippen LogP contribution in [0, 0.1) is 5.92 Å². The zero-order chi connectivity index (χ0) is 5.28. The van der Waals surface area contributed by atoms with Crippen LogP contribution >= 0.6 is 7.55 Å². The van der Waals surface area contributed by atoms with Crippen molar-refractivity contribution in [1.29, 1.82) is 0 Å². The summed E-state index contributed by atoms with van der Waals surface area (Å²) in [6.07, 6.45) is 2.93. The van der Waals surface area contributed by atoms with Gasteiger partial charge >= 0.3 is 0 Å². The minimum atomic E-state index is 0.371. The second-order valence-electron chi connectivity index (χ2n) is 2.40. The molecule has 1 aliphatic heterocycles. The Kier molecular flexibility index (Phi) is 1.49. The molecule has 0 bridgehead atoms. The molecule has 1 heterocycles. The summed E-state index contributed by atoms with van der Waals surface area (Å²) in [4.78, 5) is 0. The van der Waals surface area contributed by atoms with Crippen molar-refractivity contribution in [3.8, 4) is 0 Å². The fraction of sp³-hybridized carbons (Fsp3) is 0.833. The molecule has 7 heavy (non-hydrogen) atoms. The largest absolute Gasteiger partial charge is 0.106 e. The quantitative estimate of drug-likeness (QED) is 0.423. The molecule has 0 radical (unpaired) electrons. The van der Waals surface area contributed by atoms with E-state index in [1.54, 1.807) is 0 Å². The first-order valence-corrected chi connectivity index (χ1v) is 4.88. The Labute approximate surface area is 46.3 Å². The molecule has 0 aromatic heterocycles. The molecule has 0 fully saturated rings. The van der Waals surface area contributed by atoms with Gasteiger partial charge in [-0.2, -0.15) is 0 Å². The fourth-order valence-corrected chi connectivity index (χ4v) is 2.97. The molecule has 0 aromatic carbocycles. The van der Waals surface area contributed by atoms with Crippen molar-refractivity contribution < 1.29 is 0 Å². The lowest BCUT2D eigenvalue weighted by molar-refractivity contribution is 0.781. The molecule has 0 amide bonds. The van der Waals surface area contributed by atoms with E-state index in [0.717, 1.165) is 5.92 Å². The molecule has 0 saturated heterocycles. The molecule has 0 saturated carbocycles. The van der Waals surface area contributed by atoms with Crippen molar-refractivity contribution in [2.24, 2.45) is 5.92 Å². The summed E-state index contributed by atoms with van der Waals surface area (Å²) >= 11 is 0. The SMILES string of the molecule is CC1C=[P+](C)CC1. The third-order valence-corrected chi connectivity index (χ3v) is 3.43. The van der Waals surface area contributed by atoms with Crippen molar-refractivity contribution in [2.45, 2.75) is 13.3 Å². The molecule has 2 unspecified atom stereocenters. The van der Waals surface area contributed by atoms with Gasteiger partial charge in [0, 0.05) is 5.92 Å². The molecule has 1 rings (SSSR count). The molecule has 0 nitrogen and oxygen atoms in total. The molecule has 2 atom stereocenters. The van der Waals surface area contributed by atoms with Crippen molar-refractivity contribution in [1.82, 2.24) is 0 Å². The van der Waals surface area contributed by atoms with Crippen LogP contribution < -0.4 is 0 Å². The van der Waals surface area contributed by atoms with Crippen LogP contribution in [0.4, 0.5) is 0 Å². The lowest BCUT2D eigenvalue weighted by Crippen LogP contribution is -1.85. The highest BCUT2D eigenvalue weighted by Crippen LogP contribution is 2.28. The van der Waals surface area contributed by atoms with Crippen LogP contribution in [0.5, 0.6) is 0 Å². The summed E-state index contributed by atoms with van der Waals surface area (Å²) < 4.78 is 0. The predicted molar refractivity (Wildman–Crippen MR) is 37.6 cm³/mol. The highest BCUT2D eigenvalue weighted by molar-refractivity contribution is 7.56. The van der Waals surface area contributed by atoms with Gasteiger partial charge in [0.25, 0.3) is 0 Å². The van der Waals surface area contributed by atoms with Gasteiger partial charge in [0.05, 0.1) is 20.0 Å². The summed E-state index contributed by atoms with van der Waals surface area (Å²) in [5, 5.41) is 0. The van der Waals surface area contributed by atoms with Gasteiger partial charge in [-0.15, -0.1) is 0 Å². The fourth-order valence-electron chi connectivity index (χ4n) is 0.991. The Morgan fingerprint density at radius 2 is 2.43 bits per heavy atom. The van der Waals surface area contributed by atoms with Gasteiger partial charge in [0.1, 0.15) is 6.16 Å². The van der Waals surface area contributed by atoms with Gasteiger partial charge in [-0.25, -0.2) is 0 Å². The normalized spacial score (nSPS) is 35.7. The van der Waals surface area contributed by atoms with Crippen LogP contribution in [0.25, 0.3) is 0 Å². The minimum Gasteiger partial charge on any atom is -0.0552 e. The maximum Gasteiger partial charge on any atom is 0.106 e. The van der Waals surface area contributed by atoms with Crippen molar-refractivity contribution in [3.05, 3.63) is 0 Å². The van der Waals surface area contributed by atoms with E-state index in [0.29, 0.717) is 7.55 Å². The van der Waals surface area contributed by atoms with Crippen molar-refractivity contribution >= 4 is 13.3 Å². The second-order valence-corrected chi connectivity index (χ2v) is 4.65. The van der Waals surface area contributed by atoms with Gasteiger partial charge in [0.2, 0.25) is 0 Å². The van der Waals surface area contributed by atoms with Crippen molar-refractivity contribution in [3.63, 3.8) is 0 Å². The van der Waals surface area contributed by atoms with E-state index in [4.69, 9.17) is 0 Å². The smallest absolute Gasteiger partial charge is 0.0552 e. The third-order valence-electron chi connectivity index (χ3n) is 1.45. The highest BCUT2D eigenvalue weighted by Gasteiger charge is 2.15. The van der Waals surface area contributed by atoms with Crippen LogP contribution in [-0.2, 0) is 0 Å². The first kappa shape index (κ1) is 5.31.